The number of nitrogens with zero attached hydrogens (tertiary/aromatic N) is 2. The van der Waals surface area contributed by atoms with Crippen LogP contribution in [0.5, 0.6) is 0 Å². The average Bonchev–Trinajstić information content (AvgIpc) is 2.23. The first-order valence-corrected chi connectivity index (χ1v) is 6.12. The van der Waals surface area contributed by atoms with Gasteiger partial charge in [0.25, 0.3) is 6.02 Å². The summed E-state index contributed by atoms with van der Waals surface area (Å²) in [6.07, 6.45) is 0.946. The Morgan fingerprint density at radius 1 is 1.41 bits per heavy atom. The van der Waals surface area contributed by atoms with E-state index < -0.39 is 0 Å². The van der Waals surface area contributed by atoms with E-state index in [0.717, 1.165) is 13.0 Å². The number of carbonyl (C=O) groups is 1. The number of hydrogen-bond acceptors (Lipinski definition) is 4. The molecule has 0 unspecified atom stereocenters. The maximum atomic E-state index is 11.4. The van der Waals surface area contributed by atoms with E-state index in [0.29, 0.717) is 19.1 Å². The van der Waals surface area contributed by atoms with Crippen LogP contribution in [-0.4, -0.2) is 50.6 Å². The van der Waals surface area contributed by atoms with Crippen LogP contribution in [0.2, 0.25) is 0 Å². The molecular weight excluding hydrogens is 218 g/mol. The molecule has 0 amide bonds. The summed E-state index contributed by atoms with van der Waals surface area (Å²) in [5.74, 6) is -0.391. The van der Waals surface area contributed by atoms with Crippen molar-refractivity contribution in [3.8, 4) is 0 Å². The first kappa shape index (κ1) is 15.9. The highest BCUT2D eigenvalue weighted by molar-refractivity contribution is 5.88. The van der Waals surface area contributed by atoms with Gasteiger partial charge in [0.2, 0.25) is 0 Å². The fourth-order valence-corrected chi connectivity index (χ4v) is 1.06. The summed E-state index contributed by atoms with van der Waals surface area (Å²) in [6, 6.07) is 0.338. The summed E-state index contributed by atoms with van der Waals surface area (Å²) in [5, 5.41) is 2.95. The normalized spacial score (nSPS) is 12.1. The summed E-state index contributed by atoms with van der Waals surface area (Å²) in [6.45, 7) is 7.87. The molecule has 0 saturated heterocycles. The number of rotatable bonds is 6. The van der Waals surface area contributed by atoms with Gasteiger partial charge in [-0.05, 0) is 34.0 Å². The van der Waals surface area contributed by atoms with Crippen molar-refractivity contribution in [2.24, 2.45) is 10.9 Å². The average molecular weight is 243 g/mol. The molecule has 0 heterocycles. The SMILES string of the molecule is CCNC(=NCCCN(C)C)OC(=O)C(C)C. The Hall–Kier alpha value is -1.10. The second-order valence-electron chi connectivity index (χ2n) is 4.45. The predicted octanol–water partition coefficient (Wildman–Crippen LogP) is 1.10. The third-order valence-corrected chi connectivity index (χ3v) is 2.02. The minimum Gasteiger partial charge on any atom is -0.393 e. The van der Waals surface area contributed by atoms with E-state index in [1.165, 1.54) is 0 Å². The van der Waals surface area contributed by atoms with Crippen LogP contribution < -0.4 is 5.32 Å². The molecule has 0 aromatic carbocycles. The Labute approximate surface area is 104 Å². The molecule has 0 bridgehead atoms. The van der Waals surface area contributed by atoms with Gasteiger partial charge in [-0.2, -0.15) is 0 Å². The van der Waals surface area contributed by atoms with Crippen LogP contribution in [-0.2, 0) is 9.53 Å². The van der Waals surface area contributed by atoms with Gasteiger partial charge in [-0.1, -0.05) is 13.8 Å². The van der Waals surface area contributed by atoms with Gasteiger partial charge in [0.05, 0.1) is 5.92 Å². The monoisotopic (exact) mass is 243 g/mol. The van der Waals surface area contributed by atoms with Gasteiger partial charge in [-0.15, -0.1) is 0 Å². The third kappa shape index (κ3) is 8.68. The van der Waals surface area contributed by atoms with Crippen LogP contribution in [0.4, 0.5) is 0 Å². The molecule has 0 saturated carbocycles. The molecule has 0 aliphatic carbocycles. The Kier molecular flexibility index (Phi) is 8.40. The smallest absolute Gasteiger partial charge is 0.316 e. The Morgan fingerprint density at radius 2 is 2.06 bits per heavy atom. The van der Waals surface area contributed by atoms with Crippen molar-refractivity contribution >= 4 is 12.0 Å². The molecule has 0 aromatic heterocycles. The predicted molar refractivity (Wildman–Crippen MR) is 70.1 cm³/mol. The molecule has 0 aromatic rings. The summed E-state index contributed by atoms with van der Waals surface area (Å²) in [4.78, 5) is 17.8. The fourth-order valence-electron chi connectivity index (χ4n) is 1.06. The number of carbonyl (C=O) groups excluding carboxylic acids is 1. The zero-order valence-corrected chi connectivity index (χ0v) is 11.6. The van der Waals surface area contributed by atoms with Crippen molar-refractivity contribution in [1.82, 2.24) is 10.2 Å². The maximum Gasteiger partial charge on any atom is 0.316 e. The Balaban J connectivity index is 4.12. The van der Waals surface area contributed by atoms with E-state index in [1.807, 2.05) is 21.0 Å². The van der Waals surface area contributed by atoms with Crippen molar-refractivity contribution in [2.45, 2.75) is 27.2 Å². The van der Waals surface area contributed by atoms with Gasteiger partial charge in [-0.25, -0.2) is 4.99 Å². The van der Waals surface area contributed by atoms with Crippen LogP contribution in [0.15, 0.2) is 4.99 Å². The second kappa shape index (κ2) is 8.98. The standard InChI is InChI=1S/C12H25N3O2/c1-6-13-12(17-11(16)10(2)3)14-8-7-9-15(4)5/h10H,6-9H2,1-5H3,(H,13,14). The zero-order chi connectivity index (χ0) is 13.3. The number of hydrogen-bond donors (Lipinski definition) is 1. The van der Waals surface area contributed by atoms with E-state index in [1.54, 1.807) is 13.8 Å². The Bertz CT molecular complexity index is 250. The minimum atomic E-state index is -0.252. The Morgan fingerprint density at radius 3 is 2.53 bits per heavy atom. The van der Waals surface area contributed by atoms with Crippen molar-refractivity contribution in [2.75, 3.05) is 33.7 Å². The van der Waals surface area contributed by atoms with Crippen molar-refractivity contribution in [3.63, 3.8) is 0 Å². The molecule has 0 aliphatic heterocycles. The lowest BCUT2D eigenvalue weighted by atomic mass is 10.2. The quantitative estimate of drug-likeness (QED) is 0.328. The van der Waals surface area contributed by atoms with Crippen LogP contribution in [0.1, 0.15) is 27.2 Å². The van der Waals surface area contributed by atoms with Gasteiger partial charge in [-0.3, -0.25) is 4.79 Å². The third-order valence-electron chi connectivity index (χ3n) is 2.02. The van der Waals surface area contributed by atoms with Gasteiger partial charge >= 0.3 is 5.97 Å². The molecule has 0 fully saturated rings. The molecule has 17 heavy (non-hydrogen) atoms. The first-order valence-electron chi connectivity index (χ1n) is 6.12. The van der Waals surface area contributed by atoms with Gasteiger partial charge in [0.1, 0.15) is 0 Å². The van der Waals surface area contributed by atoms with E-state index in [-0.39, 0.29) is 11.9 Å². The number of ether oxygens (including phenoxy) is 1. The van der Waals surface area contributed by atoms with Gasteiger partial charge < -0.3 is 15.0 Å². The van der Waals surface area contributed by atoms with E-state index >= 15 is 0 Å². The first-order chi connectivity index (χ1) is 7.97. The van der Waals surface area contributed by atoms with Crippen molar-refractivity contribution in [3.05, 3.63) is 0 Å². The fraction of sp³-hybridized carbons (Fsp3) is 0.833. The van der Waals surface area contributed by atoms with E-state index in [4.69, 9.17) is 4.74 Å². The summed E-state index contributed by atoms with van der Waals surface area (Å²) >= 11 is 0. The maximum absolute atomic E-state index is 11.4. The minimum absolute atomic E-state index is 0.138. The highest BCUT2D eigenvalue weighted by Gasteiger charge is 2.11. The van der Waals surface area contributed by atoms with Gasteiger partial charge in [0, 0.05) is 13.1 Å². The highest BCUT2D eigenvalue weighted by Crippen LogP contribution is 1.96. The second-order valence-corrected chi connectivity index (χ2v) is 4.45. The zero-order valence-electron chi connectivity index (χ0n) is 11.6. The van der Waals surface area contributed by atoms with Crippen LogP contribution in [0, 0.1) is 5.92 Å². The molecule has 0 aliphatic rings. The van der Waals surface area contributed by atoms with Crippen molar-refractivity contribution in [1.29, 1.82) is 0 Å². The molecule has 0 atom stereocenters. The molecule has 5 nitrogen and oxygen atoms in total. The lowest BCUT2D eigenvalue weighted by molar-refractivity contribution is -0.139. The largest absolute Gasteiger partial charge is 0.393 e. The molecule has 0 rings (SSSR count). The lowest BCUT2D eigenvalue weighted by Crippen LogP contribution is -2.30. The summed E-state index contributed by atoms with van der Waals surface area (Å²) < 4.78 is 5.15. The number of aliphatic imine (C=N–C) groups is 1. The molecule has 0 spiro atoms. The highest BCUT2D eigenvalue weighted by atomic mass is 16.6. The van der Waals surface area contributed by atoms with Gasteiger partial charge in [0.15, 0.2) is 0 Å². The summed E-state index contributed by atoms with van der Waals surface area (Å²) in [5.41, 5.74) is 0. The number of nitrogens with one attached hydrogen (secondary N) is 1. The van der Waals surface area contributed by atoms with Crippen LogP contribution in [0.3, 0.4) is 0 Å². The van der Waals surface area contributed by atoms with Crippen molar-refractivity contribution < 1.29 is 9.53 Å². The molecule has 0 radical (unpaired) electrons. The van der Waals surface area contributed by atoms with Crippen LogP contribution in [0.25, 0.3) is 0 Å². The molecule has 100 valence electrons. The number of amidine groups is 1. The van der Waals surface area contributed by atoms with Crippen LogP contribution >= 0.6 is 0 Å². The van der Waals surface area contributed by atoms with E-state index in [2.05, 4.69) is 15.2 Å². The molecule has 1 N–H and O–H groups in total. The summed E-state index contributed by atoms with van der Waals surface area (Å²) in [7, 11) is 4.04. The van der Waals surface area contributed by atoms with E-state index in [9.17, 15) is 4.79 Å². The molecular formula is C12H25N3O2. The molecule has 5 heteroatoms. The number of esters is 1. The lowest BCUT2D eigenvalue weighted by Gasteiger charge is -2.11. The topological polar surface area (TPSA) is 53.9 Å².